The van der Waals surface area contributed by atoms with Gasteiger partial charge in [0, 0.05) is 0 Å². The molecule has 1 aliphatic rings. The number of hydrogen-bond donors (Lipinski definition) is 2. The number of ether oxygens (including phenoxy) is 1. The molecule has 1 aromatic rings. The molecule has 19 heavy (non-hydrogen) atoms. The van der Waals surface area contributed by atoms with Gasteiger partial charge in [-0.05, 0) is 50.0 Å². The number of halogens is 3. The zero-order valence-corrected chi connectivity index (χ0v) is 10.3. The Morgan fingerprint density at radius 3 is 2.74 bits per heavy atom. The van der Waals surface area contributed by atoms with Crippen molar-refractivity contribution < 1.29 is 23.0 Å². The zero-order chi connectivity index (χ0) is 13.9. The first kappa shape index (κ1) is 14.1. The SMILES string of the molecule is OC1(c2cccc(OC(F)(F)F)c2)CCCNCC1. The summed E-state index contributed by atoms with van der Waals surface area (Å²) in [7, 11) is 0. The fraction of sp³-hybridized carbons (Fsp3) is 0.538. The van der Waals surface area contributed by atoms with Gasteiger partial charge in [-0.2, -0.15) is 0 Å². The van der Waals surface area contributed by atoms with Crippen LogP contribution in [0.25, 0.3) is 0 Å². The van der Waals surface area contributed by atoms with Gasteiger partial charge in [0.05, 0.1) is 5.60 Å². The predicted octanol–water partition coefficient (Wildman–Crippen LogP) is 2.55. The average Bonchev–Trinajstić information content (AvgIpc) is 2.53. The Morgan fingerprint density at radius 2 is 2.00 bits per heavy atom. The molecule has 1 atom stereocenters. The lowest BCUT2D eigenvalue weighted by molar-refractivity contribution is -0.274. The molecule has 0 aliphatic carbocycles. The zero-order valence-electron chi connectivity index (χ0n) is 10.3. The summed E-state index contributed by atoms with van der Waals surface area (Å²) in [6.07, 6.45) is -2.94. The lowest BCUT2D eigenvalue weighted by Crippen LogP contribution is -2.27. The van der Waals surface area contributed by atoms with Crippen LogP contribution in [0.15, 0.2) is 24.3 Å². The van der Waals surface area contributed by atoms with E-state index in [4.69, 9.17) is 0 Å². The summed E-state index contributed by atoms with van der Waals surface area (Å²) in [5.74, 6) is -0.296. The first-order valence-corrected chi connectivity index (χ1v) is 6.18. The monoisotopic (exact) mass is 275 g/mol. The van der Waals surface area contributed by atoms with Crippen molar-refractivity contribution in [3.8, 4) is 5.75 Å². The fourth-order valence-corrected chi connectivity index (χ4v) is 2.32. The Hall–Kier alpha value is -1.27. The van der Waals surface area contributed by atoms with E-state index < -0.39 is 12.0 Å². The Kier molecular flexibility index (Phi) is 4.01. The number of benzene rings is 1. The Morgan fingerprint density at radius 1 is 1.21 bits per heavy atom. The summed E-state index contributed by atoms with van der Waals surface area (Å²) in [6.45, 7) is 1.45. The highest BCUT2D eigenvalue weighted by atomic mass is 19.4. The van der Waals surface area contributed by atoms with Gasteiger partial charge in [-0.15, -0.1) is 13.2 Å². The van der Waals surface area contributed by atoms with Gasteiger partial charge in [-0.3, -0.25) is 0 Å². The van der Waals surface area contributed by atoms with Gasteiger partial charge < -0.3 is 15.2 Å². The number of aliphatic hydroxyl groups is 1. The second-order valence-corrected chi connectivity index (χ2v) is 4.71. The van der Waals surface area contributed by atoms with Gasteiger partial charge in [-0.1, -0.05) is 12.1 Å². The molecule has 0 amide bonds. The molecule has 0 radical (unpaired) electrons. The van der Waals surface area contributed by atoms with E-state index in [2.05, 4.69) is 10.1 Å². The number of hydrogen-bond acceptors (Lipinski definition) is 3. The summed E-state index contributed by atoms with van der Waals surface area (Å²) >= 11 is 0. The summed E-state index contributed by atoms with van der Waals surface area (Å²) in [5.41, 5.74) is -0.618. The number of rotatable bonds is 2. The predicted molar refractivity (Wildman–Crippen MR) is 63.7 cm³/mol. The van der Waals surface area contributed by atoms with Gasteiger partial charge in [0.1, 0.15) is 5.75 Å². The van der Waals surface area contributed by atoms with Crippen LogP contribution in [0.5, 0.6) is 5.75 Å². The molecule has 0 aromatic heterocycles. The normalized spacial score (nSPS) is 24.8. The standard InChI is InChI=1S/C13H16F3NO2/c14-13(15,16)19-11-4-1-3-10(9-11)12(18)5-2-7-17-8-6-12/h1,3-4,9,17-18H,2,5-8H2. The largest absolute Gasteiger partial charge is 0.573 e. The van der Waals surface area contributed by atoms with Crippen molar-refractivity contribution in [1.82, 2.24) is 5.32 Å². The Bertz CT molecular complexity index is 426. The van der Waals surface area contributed by atoms with Crippen LogP contribution < -0.4 is 10.1 Å². The third-order valence-electron chi connectivity index (χ3n) is 3.26. The highest BCUT2D eigenvalue weighted by Gasteiger charge is 2.33. The topological polar surface area (TPSA) is 41.5 Å². The molecule has 0 spiro atoms. The molecule has 6 heteroatoms. The first-order valence-electron chi connectivity index (χ1n) is 6.18. The summed E-state index contributed by atoms with van der Waals surface area (Å²) in [6, 6.07) is 5.59. The van der Waals surface area contributed by atoms with Gasteiger partial charge in [0.15, 0.2) is 0 Å². The molecule has 2 rings (SSSR count). The first-order chi connectivity index (χ1) is 8.89. The van der Waals surface area contributed by atoms with Crippen LogP contribution in [-0.4, -0.2) is 24.6 Å². The van der Waals surface area contributed by atoms with Gasteiger partial charge >= 0.3 is 6.36 Å². The van der Waals surface area contributed by atoms with Crippen molar-refractivity contribution >= 4 is 0 Å². The van der Waals surface area contributed by atoms with E-state index in [1.54, 1.807) is 6.07 Å². The molecule has 2 N–H and O–H groups in total. The molecule has 1 aliphatic heterocycles. The summed E-state index contributed by atoms with van der Waals surface area (Å²) in [5, 5.41) is 13.7. The minimum Gasteiger partial charge on any atom is -0.406 e. The Balaban J connectivity index is 2.21. The van der Waals surface area contributed by atoms with Crippen LogP contribution in [0.4, 0.5) is 13.2 Å². The van der Waals surface area contributed by atoms with Crippen LogP contribution in [0.2, 0.25) is 0 Å². The second-order valence-electron chi connectivity index (χ2n) is 4.71. The molecule has 0 saturated carbocycles. The van der Waals surface area contributed by atoms with Crippen LogP contribution in [-0.2, 0) is 5.60 Å². The maximum Gasteiger partial charge on any atom is 0.573 e. The fourth-order valence-electron chi connectivity index (χ4n) is 2.32. The molecule has 1 saturated heterocycles. The quantitative estimate of drug-likeness (QED) is 0.871. The van der Waals surface area contributed by atoms with Crippen LogP contribution >= 0.6 is 0 Å². The molecular weight excluding hydrogens is 259 g/mol. The van der Waals surface area contributed by atoms with Crippen molar-refractivity contribution in [3.05, 3.63) is 29.8 Å². The molecule has 1 heterocycles. The highest BCUT2D eigenvalue weighted by molar-refractivity contribution is 5.32. The van der Waals surface area contributed by atoms with E-state index in [0.29, 0.717) is 24.9 Å². The van der Waals surface area contributed by atoms with Crippen LogP contribution in [0, 0.1) is 0 Å². The molecular formula is C13H16F3NO2. The van der Waals surface area contributed by atoms with Crippen LogP contribution in [0.1, 0.15) is 24.8 Å². The summed E-state index contributed by atoms with van der Waals surface area (Å²) in [4.78, 5) is 0. The van der Waals surface area contributed by atoms with E-state index in [-0.39, 0.29) is 5.75 Å². The van der Waals surface area contributed by atoms with E-state index in [1.807, 2.05) is 0 Å². The molecule has 1 unspecified atom stereocenters. The van der Waals surface area contributed by atoms with E-state index in [0.717, 1.165) is 13.0 Å². The molecule has 3 nitrogen and oxygen atoms in total. The third-order valence-corrected chi connectivity index (χ3v) is 3.26. The minimum atomic E-state index is -4.72. The maximum absolute atomic E-state index is 12.2. The van der Waals surface area contributed by atoms with E-state index in [9.17, 15) is 18.3 Å². The Labute approximate surface area is 109 Å². The summed E-state index contributed by atoms with van der Waals surface area (Å²) < 4.78 is 40.4. The number of alkyl halides is 3. The van der Waals surface area contributed by atoms with Gasteiger partial charge in [0.2, 0.25) is 0 Å². The smallest absolute Gasteiger partial charge is 0.406 e. The van der Waals surface area contributed by atoms with Crippen molar-refractivity contribution in [2.75, 3.05) is 13.1 Å². The van der Waals surface area contributed by atoms with Crippen molar-refractivity contribution in [2.24, 2.45) is 0 Å². The highest BCUT2D eigenvalue weighted by Crippen LogP contribution is 2.34. The second kappa shape index (κ2) is 5.38. The third kappa shape index (κ3) is 3.84. The average molecular weight is 275 g/mol. The van der Waals surface area contributed by atoms with Crippen LogP contribution in [0.3, 0.4) is 0 Å². The molecule has 1 aromatic carbocycles. The minimum absolute atomic E-state index is 0.296. The van der Waals surface area contributed by atoms with Crippen molar-refractivity contribution in [1.29, 1.82) is 0 Å². The van der Waals surface area contributed by atoms with E-state index in [1.165, 1.54) is 18.2 Å². The lowest BCUT2D eigenvalue weighted by atomic mass is 9.87. The van der Waals surface area contributed by atoms with Gasteiger partial charge in [0.25, 0.3) is 0 Å². The van der Waals surface area contributed by atoms with Crippen molar-refractivity contribution in [2.45, 2.75) is 31.2 Å². The molecule has 1 fully saturated rings. The molecule has 0 bridgehead atoms. The van der Waals surface area contributed by atoms with Crippen molar-refractivity contribution in [3.63, 3.8) is 0 Å². The lowest BCUT2D eigenvalue weighted by Gasteiger charge is -2.27. The number of nitrogens with one attached hydrogen (secondary N) is 1. The maximum atomic E-state index is 12.2. The van der Waals surface area contributed by atoms with E-state index >= 15 is 0 Å². The molecule has 106 valence electrons. The van der Waals surface area contributed by atoms with Gasteiger partial charge in [-0.25, -0.2) is 0 Å².